The fourth-order valence-electron chi connectivity index (χ4n) is 2.58. The largest absolute Gasteiger partial charge is 0.497 e. The minimum Gasteiger partial charge on any atom is -0.497 e. The summed E-state index contributed by atoms with van der Waals surface area (Å²) in [5, 5.41) is 11.7. The summed E-state index contributed by atoms with van der Waals surface area (Å²) in [6.07, 6.45) is 5.21. The zero-order valence-electron chi connectivity index (χ0n) is 15.6. The van der Waals surface area contributed by atoms with E-state index in [2.05, 4.69) is 21.4 Å². The van der Waals surface area contributed by atoms with Crippen LogP contribution in [0.2, 0.25) is 0 Å². The van der Waals surface area contributed by atoms with Gasteiger partial charge in [0.2, 0.25) is 5.91 Å². The fourth-order valence-corrected chi connectivity index (χ4v) is 3.47. The van der Waals surface area contributed by atoms with Gasteiger partial charge in [-0.1, -0.05) is 35.9 Å². The Kier molecular flexibility index (Phi) is 6.35. The van der Waals surface area contributed by atoms with Gasteiger partial charge in [-0.05, 0) is 43.3 Å². The number of carbonyl (C=O) groups excluding carboxylic acids is 1. The number of ether oxygens (including phenoxy) is 1. The molecule has 0 aliphatic heterocycles. The fraction of sp³-hybridized carbons (Fsp3) is 0.190. The molecule has 0 aliphatic carbocycles. The van der Waals surface area contributed by atoms with Gasteiger partial charge >= 0.3 is 0 Å². The van der Waals surface area contributed by atoms with E-state index in [1.165, 1.54) is 11.8 Å². The Balaban J connectivity index is 1.98. The molecule has 28 heavy (non-hydrogen) atoms. The van der Waals surface area contributed by atoms with Crippen molar-refractivity contribution < 1.29 is 9.53 Å². The molecule has 0 saturated carbocycles. The Labute approximate surface area is 168 Å². The Morgan fingerprint density at radius 3 is 2.57 bits per heavy atom. The van der Waals surface area contributed by atoms with Crippen LogP contribution in [0.15, 0.2) is 59.8 Å². The van der Waals surface area contributed by atoms with Crippen molar-refractivity contribution in [1.29, 1.82) is 0 Å². The Bertz CT molecular complexity index is 978. The third kappa shape index (κ3) is 4.35. The number of nitrogens with zero attached hydrogens (tertiary/aromatic N) is 3. The Morgan fingerprint density at radius 2 is 1.93 bits per heavy atom. The molecule has 1 unspecified atom stereocenters. The number of amides is 1. The highest BCUT2D eigenvalue weighted by Gasteiger charge is 2.21. The average molecular weight is 392 g/mol. The lowest BCUT2D eigenvalue weighted by Gasteiger charge is -2.13. The molecule has 1 heterocycles. The zero-order chi connectivity index (χ0) is 19.9. The number of thioether (sulfide) groups is 1. The minimum atomic E-state index is -0.372. The zero-order valence-corrected chi connectivity index (χ0v) is 16.4. The number of nitrogens with one attached hydrogen (secondary N) is 1. The minimum absolute atomic E-state index is 0.142. The van der Waals surface area contributed by atoms with Crippen molar-refractivity contribution in [3.8, 4) is 35.2 Å². The standard InChI is InChI=1S/C21H20N4O2S/c1-4-14-22-20(26)15(2)28-21-24-23-19(16-10-12-18(27-3)13-11-16)25(21)17-8-6-5-7-9-17/h1,5-13,15H,14H2,2-3H3,(H,22,26). The number of methoxy groups -OCH3 is 1. The first-order valence-corrected chi connectivity index (χ1v) is 9.55. The first-order chi connectivity index (χ1) is 13.6. The second-order valence-electron chi connectivity index (χ2n) is 5.89. The molecule has 0 aliphatic rings. The maximum atomic E-state index is 12.2. The summed E-state index contributed by atoms with van der Waals surface area (Å²) >= 11 is 1.33. The van der Waals surface area contributed by atoms with Gasteiger partial charge in [0.25, 0.3) is 0 Å². The van der Waals surface area contributed by atoms with Crippen LogP contribution in [0, 0.1) is 12.3 Å². The lowest BCUT2D eigenvalue weighted by atomic mass is 10.2. The summed E-state index contributed by atoms with van der Waals surface area (Å²) < 4.78 is 7.17. The van der Waals surface area contributed by atoms with Gasteiger partial charge in [0.15, 0.2) is 11.0 Å². The molecule has 0 spiro atoms. The lowest BCUT2D eigenvalue weighted by Crippen LogP contribution is -2.31. The second kappa shape index (κ2) is 9.11. The average Bonchev–Trinajstić information content (AvgIpc) is 3.16. The molecular weight excluding hydrogens is 372 g/mol. The predicted molar refractivity (Wildman–Crippen MR) is 111 cm³/mol. The van der Waals surface area contributed by atoms with E-state index in [0.29, 0.717) is 11.0 Å². The van der Waals surface area contributed by atoms with E-state index in [4.69, 9.17) is 11.2 Å². The molecule has 6 nitrogen and oxygen atoms in total. The van der Waals surface area contributed by atoms with Crippen molar-refractivity contribution >= 4 is 17.7 Å². The molecule has 1 aromatic heterocycles. The topological polar surface area (TPSA) is 69.0 Å². The molecule has 2 aromatic carbocycles. The molecule has 7 heteroatoms. The number of para-hydroxylation sites is 1. The molecule has 0 radical (unpaired) electrons. The molecule has 1 amide bonds. The SMILES string of the molecule is C#CCNC(=O)C(C)Sc1nnc(-c2ccc(OC)cc2)n1-c1ccccc1. The summed E-state index contributed by atoms with van der Waals surface area (Å²) in [5.74, 6) is 3.72. The van der Waals surface area contributed by atoms with Gasteiger partial charge in [-0.3, -0.25) is 9.36 Å². The summed E-state index contributed by atoms with van der Waals surface area (Å²) in [4.78, 5) is 12.2. The molecular formula is C21H20N4O2S. The van der Waals surface area contributed by atoms with Crippen molar-refractivity contribution in [2.75, 3.05) is 13.7 Å². The molecule has 1 N–H and O–H groups in total. The summed E-state index contributed by atoms with van der Waals surface area (Å²) in [6, 6.07) is 17.4. The van der Waals surface area contributed by atoms with E-state index >= 15 is 0 Å². The van der Waals surface area contributed by atoms with Gasteiger partial charge in [-0.25, -0.2) is 0 Å². The van der Waals surface area contributed by atoms with E-state index in [-0.39, 0.29) is 17.7 Å². The number of terminal acetylenes is 1. The normalized spacial score (nSPS) is 11.5. The lowest BCUT2D eigenvalue weighted by molar-refractivity contribution is -0.120. The smallest absolute Gasteiger partial charge is 0.234 e. The molecule has 142 valence electrons. The van der Waals surface area contributed by atoms with Crippen LogP contribution in [-0.4, -0.2) is 39.6 Å². The number of rotatable bonds is 7. The quantitative estimate of drug-likeness (QED) is 0.494. The first-order valence-electron chi connectivity index (χ1n) is 8.67. The monoisotopic (exact) mass is 392 g/mol. The van der Waals surface area contributed by atoms with E-state index in [9.17, 15) is 4.79 Å². The van der Waals surface area contributed by atoms with Crippen molar-refractivity contribution in [3.05, 3.63) is 54.6 Å². The summed E-state index contributed by atoms with van der Waals surface area (Å²) in [5.41, 5.74) is 1.81. The van der Waals surface area contributed by atoms with E-state index < -0.39 is 0 Å². The van der Waals surface area contributed by atoms with Crippen molar-refractivity contribution in [3.63, 3.8) is 0 Å². The number of hydrogen-bond donors (Lipinski definition) is 1. The van der Waals surface area contributed by atoms with Crippen LogP contribution in [0.4, 0.5) is 0 Å². The highest BCUT2D eigenvalue weighted by atomic mass is 32.2. The van der Waals surface area contributed by atoms with Crippen molar-refractivity contribution in [2.45, 2.75) is 17.3 Å². The third-order valence-electron chi connectivity index (χ3n) is 4.01. The van der Waals surface area contributed by atoms with Gasteiger partial charge in [0.05, 0.1) is 18.9 Å². The maximum Gasteiger partial charge on any atom is 0.234 e. The van der Waals surface area contributed by atoms with Gasteiger partial charge in [-0.2, -0.15) is 0 Å². The van der Waals surface area contributed by atoms with Crippen LogP contribution in [0.3, 0.4) is 0 Å². The summed E-state index contributed by atoms with van der Waals surface area (Å²) in [6.45, 7) is 2.01. The molecule has 3 aromatic rings. The molecule has 1 atom stereocenters. The highest BCUT2D eigenvalue weighted by molar-refractivity contribution is 8.00. The van der Waals surface area contributed by atoms with Crippen LogP contribution >= 0.6 is 11.8 Å². The van der Waals surface area contributed by atoms with Crippen LogP contribution in [0.1, 0.15) is 6.92 Å². The van der Waals surface area contributed by atoms with Crippen LogP contribution in [-0.2, 0) is 4.79 Å². The number of carbonyl (C=O) groups is 1. The molecule has 0 saturated heterocycles. The number of hydrogen-bond acceptors (Lipinski definition) is 5. The van der Waals surface area contributed by atoms with Crippen LogP contribution in [0.5, 0.6) is 5.75 Å². The van der Waals surface area contributed by atoms with Gasteiger partial charge in [0.1, 0.15) is 5.75 Å². The van der Waals surface area contributed by atoms with Gasteiger partial charge in [0, 0.05) is 11.3 Å². The van der Waals surface area contributed by atoms with E-state index in [1.54, 1.807) is 7.11 Å². The van der Waals surface area contributed by atoms with Gasteiger partial charge in [-0.15, -0.1) is 16.6 Å². The van der Waals surface area contributed by atoms with Crippen molar-refractivity contribution in [2.24, 2.45) is 0 Å². The molecule has 0 fully saturated rings. The maximum absolute atomic E-state index is 12.2. The first kappa shape index (κ1) is 19.5. The number of benzene rings is 2. The summed E-state index contributed by atoms with van der Waals surface area (Å²) in [7, 11) is 1.63. The van der Waals surface area contributed by atoms with E-state index in [0.717, 1.165) is 17.0 Å². The third-order valence-corrected chi connectivity index (χ3v) is 5.05. The highest BCUT2D eigenvalue weighted by Crippen LogP contribution is 2.30. The second-order valence-corrected chi connectivity index (χ2v) is 7.20. The van der Waals surface area contributed by atoms with Crippen LogP contribution in [0.25, 0.3) is 17.1 Å². The molecule has 0 bridgehead atoms. The number of aromatic nitrogens is 3. The Morgan fingerprint density at radius 1 is 1.21 bits per heavy atom. The van der Waals surface area contributed by atoms with Crippen molar-refractivity contribution in [1.82, 2.24) is 20.1 Å². The van der Waals surface area contributed by atoms with Gasteiger partial charge < -0.3 is 10.1 Å². The van der Waals surface area contributed by atoms with E-state index in [1.807, 2.05) is 66.1 Å². The molecule has 3 rings (SSSR count). The Hall–Kier alpha value is -3.24. The van der Waals surface area contributed by atoms with Crippen LogP contribution < -0.4 is 10.1 Å². The predicted octanol–water partition coefficient (Wildman–Crippen LogP) is 3.17.